The molecule has 0 bridgehead atoms. The Balaban J connectivity index is 1.52. The zero-order valence-corrected chi connectivity index (χ0v) is 16.7. The first-order valence-electron chi connectivity index (χ1n) is 9.30. The highest BCUT2D eigenvalue weighted by Gasteiger charge is 2.20. The number of anilines is 2. The van der Waals surface area contributed by atoms with Gasteiger partial charge in [0.05, 0.1) is 19.6 Å². The number of hydrogen-bond acceptors (Lipinski definition) is 5. The van der Waals surface area contributed by atoms with E-state index in [0.29, 0.717) is 18.9 Å². The van der Waals surface area contributed by atoms with Gasteiger partial charge in [0, 0.05) is 35.1 Å². The topological polar surface area (TPSA) is 67.9 Å². The highest BCUT2D eigenvalue weighted by atomic mass is 35.5. The number of benzene rings is 2. The summed E-state index contributed by atoms with van der Waals surface area (Å²) >= 11 is 5.91. The Kier molecular flexibility index (Phi) is 7.06. The van der Waals surface area contributed by atoms with Crippen LogP contribution < -0.4 is 10.2 Å². The van der Waals surface area contributed by atoms with E-state index in [1.165, 1.54) is 25.1 Å². The molecule has 0 unspecified atom stereocenters. The summed E-state index contributed by atoms with van der Waals surface area (Å²) in [6, 6.07) is 11.6. The minimum atomic E-state index is -1.04. The van der Waals surface area contributed by atoms with Crippen LogP contribution in [0, 0.1) is 5.82 Å². The average molecular weight is 421 g/mol. The predicted molar refractivity (Wildman–Crippen MR) is 109 cm³/mol. The van der Waals surface area contributed by atoms with Crippen molar-refractivity contribution in [3.05, 3.63) is 58.9 Å². The Morgan fingerprint density at radius 1 is 1.21 bits per heavy atom. The van der Waals surface area contributed by atoms with E-state index in [1.54, 1.807) is 12.1 Å². The quantitative estimate of drug-likeness (QED) is 0.725. The molecule has 0 spiro atoms. The lowest BCUT2D eigenvalue weighted by molar-refractivity contribution is -0.152. The van der Waals surface area contributed by atoms with Crippen LogP contribution in [0.5, 0.6) is 0 Å². The zero-order chi connectivity index (χ0) is 20.8. The Morgan fingerprint density at radius 3 is 2.55 bits per heavy atom. The van der Waals surface area contributed by atoms with Gasteiger partial charge in [0.1, 0.15) is 5.82 Å². The number of morpholine rings is 1. The Morgan fingerprint density at radius 2 is 1.90 bits per heavy atom. The summed E-state index contributed by atoms with van der Waals surface area (Å²) in [7, 11) is 0. The van der Waals surface area contributed by atoms with Crippen molar-refractivity contribution in [3.8, 4) is 0 Å². The number of carbonyl (C=O) groups is 2. The van der Waals surface area contributed by atoms with Gasteiger partial charge in [0.15, 0.2) is 6.10 Å². The molecule has 0 saturated carbocycles. The maximum absolute atomic E-state index is 13.8. The van der Waals surface area contributed by atoms with Gasteiger partial charge in [0.25, 0.3) is 5.91 Å². The van der Waals surface area contributed by atoms with Gasteiger partial charge in [-0.3, -0.25) is 9.59 Å². The number of halogens is 2. The third kappa shape index (κ3) is 5.68. The second-order valence-electron chi connectivity index (χ2n) is 6.64. The van der Waals surface area contributed by atoms with Crippen molar-refractivity contribution < 1.29 is 23.5 Å². The van der Waals surface area contributed by atoms with E-state index >= 15 is 0 Å². The second kappa shape index (κ2) is 9.71. The predicted octanol–water partition coefficient (Wildman–Crippen LogP) is 3.43. The molecule has 1 N–H and O–H groups in total. The van der Waals surface area contributed by atoms with Crippen LogP contribution in [0.2, 0.25) is 5.02 Å². The smallest absolute Gasteiger partial charge is 0.311 e. The summed E-state index contributed by atoms with van der Waals surface area (Å²) in [4.78, 5) is 26.6. The number of hydrogen-bond donors (Lipinski definition) is 1. The molecule has 154 valence electrons. The third-order valence-electron chi connectivity index (χ3n) is 4.57. The second-order valence-corrected chi connectivity index (χ2v) is 7.05. The Hall–Kier alpha value is -2.64. The highest BCUT2D eigenvalue weighted by molar-refractivity contribution is 6.31. The summed E-state index contributed by atoms with van der Waals surface area (Å²) in [5.74, 6) is -1.80. The minimum Gasteiger partial charge on any atom is -0.452 e. The minimum absolute atomic E-state index is 0.0467. The van der Waals surface area contributed by atoms with E-state index in [4.69, 9.17) is 21.1 Å². The standard InChI is InChI=1S/C21H22ClFN2O4/c1-14(29-20(26)13-17-18(22)3-2-4-19(17)23)21(27)24-15-5-7-16(8-6-15)25-9-11-28-12-10-25/h2-8,14H,9-13H2,1H3,(H,24,27)/t14-/m0/s1. The van der Waals surface area contributed by atoms with Crippen molar-refractivity contribution in [1.29, 1.82) is 0 Å². The number of amides is 1. The number of ether oxygens (including phenoxy) is 2. The fourth-order valence-corrected chi connectivity index (χ4v) is 3.19. The molecule has 1 saturated heterocycles. The molecule has 1 heterocycles. The Labute approximate surface area is 173 Å². The van der Waals surface area contributed by atoms with Crippen LogP contribution in [0.4, 0.5) is 15.8 Å². The average Bonchev–Trinajstić information content (AvgIpc) is 2.72. The van der Waals surface area contributed by atoms with Crippen molar-refractivity contribution in [2.24, 2.45) is 0 Å². The van der Waals surface area contributed by atoms with Gasteiger partial charge < -0.3 is 19.7 Å². The van der Waals surface area contributed by atoms with Crippen LogP contribution in [0.1, 0.15) is 12.5 Å². The van der Waals surface area contributed by atoms with E-state index < -0.39 is 23.8 Å². The van der Waals surface area contributed by atoms with Crippen LogP contribution >= 0.6 is 11.6 Å². The molecular weight excluding hydrogens is 399 g/mol. The van der Waals surface area contributed by atoms with E-state index in [0.717, 1.165) is 18.8 Å². The van der Waals surface area contributed by atoms with E-state index in [2.05, 4.69) is 10.2 Å². The van der Waals surface area contributed by atoms with Crippen molar-refractivity contribution in [1.82, 2.24) is 0 Å². The first-order valence-corrected chi connectivity index (χ1v) is 9.68. The van der Waals surface area contributed by atoms with E-state index in [1.807, 2.05) is 12.1 Å². The molecule has 0 aliphatic carbocycles. The molecule has 1 aliphatic rings. The molecule has 6 nitrogen and oxygen atoms in total. The SMILES string of the molecule is C[C@H](OC(=O)Cc1c(F)cccc1Cl)C(=O)Nc1ccc(N2CCOCC2)cc1. The zero-order valence-electron chi connectivity index (χ0n) is 16.0. The van der Waals surface area contributed by atoms with E-state index in [-0.39, 0.29) is 17.0 Å². The van der Waals surface area contributed by atoms with Gasteiger partial charge in [-0.1, -0.05) is 17.7 Å². The van der Waals surface area contributed by atoms with Gasteiger partial charge >= 0.3 is 5.97 Å². The molecule has 1 aliphatic heterocycles. The van der Waals surface area contributed by atoms with Gasteiger partial charge in [-0.15, -0.1) is 0 Å². The summed E-state index contributed by atoms with van der Waals surface area (Å²) in [5, 5.41) is 2.84. The van der Waals surface area contributed by atoms with Crippen molar-refractivity contribution in [2.45, 2.75) is 19.4 Å². The van der Waals surface area contributed by atoms with Crippen LogP contribution in [-0.4, -0.2) is 44.3 Å². The molecule has 2 aromatic rings. The first-order chi connectivity index (χ1) is 13.9. The monoisotopic (exact) mass is 420 g/mol. The summed E-state index contributed by atoms with van der Waals surface area (Å²) in [5.41, 5.74) is 1.69. The molecular formula is C21H22ClFN2O4. The summed E-state index contributed by atoms with van der Waals surface area (Å²) in [6.07, 6.45) is -1.39. The molecule has 3 rings (SSSR count). The van der Waals surface area contributed by atoms with Crippen LogP contribution in [-0.2, 0) is 25.5 Å². The molecule has 2 aromatic carbocycles. The van der Waals surface area contributed by atoms with Crippen molar-refractivity contribution >= 4 is 34.9 Å². The molecule has 8 heteroatoms. The van der Waals surface area contributed by atoms with Gasteiger partial charge in [-0.25, -0.2) is 4.39 Å². The van der Waals surface area contributed by atoms with Crippen LogP contribution in [0.15, 0.2) is 42.5 Å². The van der Waals surface area contributed by atoms with Crippen molar-refractivity contribution in [3.63, 3.8) is 0 Å². The van der Waals surface area contributed by atoms with Crippen molar-refractivity contribution in [2.75, 3.05) is 36.5 Å². The number of nitrogens with zero attached hydrogens (tertiary/aromatic N) is 1. The number of esters is 1. The third-order valence-corrected chi connectivity index (χ3v) is 4.93. The summed E-state index contributed by atoms with van der Waals surface area (Å²) in [6.45, 7) is 4.49. The fraction of sp³-hybridized carbons (Fsp3) is 0.333. The lowest BCUT2D eigenvalue weighted by atomic mass is 10.1. The largest absolute Gasteiger partial charge is 0.452 e. The van der Waals surface area contributed by atoms with Crippen LogP contribution in [0.25, 0.3) is 0 Å². The molecule has 29 heavy (non-hydrogen) atoms. The van der Waals surface area contributed by atoms with Gasteiger partial charge in [-0.05, 0) is 43.3 Å². The Bertz CT molecular complexity index is 849. The number of nitrogens with one attached hydrogen (secondary N) is 1. The first kappa shape index (κ1) is 21.1. The van der Waals surface area contributed by atoms with E-state index in [9.17, 15) is 14.0 Å². The van der Waals surface area contributed by atoms with Gasteiger partial charge in [0.2, 0.25) is 0 Å². The number of carbonyl (C=O) groups excluding carboxylic acids is 2. The lowest BCUT2D eigenvalue weighted by Crippen LogP contribution is -2.36. The number of rotatable bonds is 6. The molecule has 1 atom stereocenters. The maximum Gasteiger partial charge on any atom is 0.311 e. The maximum atomic E-state index is 13.8. The fourth-order valence-electron chi connectivity index (χ4n) is 2.96. The highest BCUT2D eigenvalue weighted by Crippen LogP contribution is 2.21. The lowest BCUT2D eigenvalue weighted by Gasteiger charge is -2.28. The molecule has 0 aromatic heterocycles. The van der Waals surface area contributed by atoms with Gasteiger partial charge in [-0.2, -0.15) is 0 Å². The normalized spacial score (nSPS) is 14.9. The molecule has 1 fully saturated rings. The molecule has 1 amide bonds. The molecule has 0 radical (unpaired) electrons. The summed E-state index contributed by atoms with van der Waals surface area (Å²) < 4.78 is 24.2. The van der Waals surface area contributed by atoms with Crippen LogP contribution in [0.3, 0.4) is 0 Å².